The molecule has 0 N–H and O–H groups in total. The van der Waals surface area contributed by atoms with Crippen LogP contribution in [0.4, 0.5) is 0 Å². The van der Waals surface area contributed by atoms with Crippen molar-refractivity contribution in [1.82, 2.24) is 19.9 Å². The fourth-order valence-electron chi connectivity index (χ4n) is 10.8. The largest absolute Gasteiger partial charge is 0.255 e. The summed E-state index contributed by atoms with van der Waals surface area (Å²) >= 11 is 0. The molecule has 0 amide bonds. The highest BCUT2D eigenvalue weighted by Crippen LogP contribution is 2.42. The Bertz CT molecular complexity index is 3070. The van der Waals surface area contributed by atoms with Crippen LogP contribution in [0.3, 0.4) is 0 Å². The number of hydrogen-bond acceptors (Lipinski definition) is 4. The molecule has 0 radical (unpaired) electrons. The molecule has 2 heterocycles. The van der Waals surface area contributed by atoms with Crippen molar-refractivity contribution in [3.8, 4) is 89.4 Å². The molecular formula is C64H58N4. The molecule has 11 rings (SSSR count). The van der Waals surface area contributed by atoms with Gasteiger partial charge in [0.1, 0.15) is 11.6 Å². The fraction of sp³-hybridized carbons (Fsp3) is 0.219. The highest BCUT2D eigenvalue weighted by molar-refractivity contribution is 5.94. The summed E-state index contributed by atoms with van der Waals surface area (Å²) < 4.78 is 0. The van der Waals surface area contributed by atoms with Crippen LogP contribution < -0.4 is 0 Å². The zero-order chi connectivity index (χ0) is 45.8. The van der Waals surface area contributed by atoms with Gasteiger partial charge in [-0.3, -0.25) is 4.98 Å². The van der Waals surface area contributed by atoms with Crippen LogP contribution in [0.15, 0.2) is 182 Å². The molecule has 0 atom stereocenters. The molecule has 2 aliphatic rings. The van der Waals surface area contributed by atoms with Crippen molar-refractivity contribution in [3.05, 3.63) is 205 Å². The van der Waals surface area contributed by atoms with E-state index in [1.165, 1.54) is 105 Å². The number of pyridine rings is 1. The van der Waals surface area contributed by atoms with Gasteiger partial charge in [0.25, 0.3) is 0 Å². The summed E-state index contributed by atoms with van der Waals surface area (Å²) in [6.07, 6.45) is 14.3. The third kappa shape index (κ3) is 9.33. The first-order valence-corrected chi connectivity index (χ1v) is 24.9. The third-order valence-corrected chi connectivity index (χ3v) is 14.4. The molecule has 9 aromatic rings. The van der Waals surface area contributed by atoms with Crippen molar-refractivity contribution in [3.63, 3.8) is 0 Å². The first-order chi connectivity index (χ1) is 33.5. The zero-order valence-electron chi connectivity index (χ0n) is 39.3. The summed E-state index contributed by atoms with van der Waals surface area (Å²) in [7, 11) is 0. The topological polar surface area (TPSA) is 51.6 Å². The van der Waals surface area contributed by atoms with E-state index >= 15 is 0 Å². The Kier molecular flexibility index (Phi) is 12.4. The number of rotatable bonds is 10. The molecule has 2 aromatic heterocycles. The van der Waals surface area contributed by atoms with Crippen LogP contribution in [0.1, 0.15) is 98.8 Å². The average Bonchev–Trinajstić information content (AvgIpc) is 3.41. The maximum atomic E-state index is 5.19. The summed E-state index contributed by atoms with van der Waals surface area (Å²) in [5.74, 6) is 3.58. The molecule has 0 unspecified atom stereocenters. The molecule has 0 aliphatic heterocycles. The predicted octanol–water partition coefficient (Wildman–Crippen LogP) is 17.3. The minimum absolute atomic E-state index is 0.414. The van der Waals surface area contributed by atoms with E-state index in [0.717, 1.165) is 71.1 Å². The van der Waals surface area contributed by atoms with Gasteiger partial charge in [-0.1, -0.05) is 189 Å². The van der Waals surface area contributed by atoms with Gasteiger partial charge in [0.05, 0.1) is 5.69 Å². The second kappa shape index (κ2) is 19.5. The Labute approximate surface area is 402 Å². The lowest BCUT2D eigenvalue weighted by Crippen LogP contribution is -2.16. The van der Waals surface area contributed by atoms with Gasteiger partial charge in [-0.15, -0.1) is 0 Å². The highest BCUT2D eigenvalue weighted by atomic mass is 15.0. The van der Waals surface area contributed by atoms with Gasteiger partial charge < -0.3 is 0 Å². The number of aryl methyl sites for hydroxylation is 2. The van der Waals surface area contributed by atoms with Crippen molar-refractivity contribution >= 4 is 0 Å². The Morgan fingerprint density at radius 1 is 0.324 bits per heavy atom. The van der Waals surface area contributed by atoms with E-state index in [0.29, 0.717) is 11.8 Å². The minimum Gasteiger partial charge on any atom is -0.255 e. The van der Waals surface area contributed by atoms with Crippen LogP contribution in [0.2, 0.25) is 0 Å². The van der Waals surface area contributed by atoms with E-state index in [1.54, 1.807) is 0 Å². The number of hydrogen-bond donors (Lipinski definition) is 0. The van der Waals surface area contributed by atoms with Gasteiger partial charge in [-0.25, -0.2) is 15.0 Å². The van der Waals surface area contributed by atoms with E-state index < -0.39 is 0 Å². The summed E-state index contributed by atoms with van der Waals surface area (Å²) in [5.41, 5.74) is 19.8. The van der Waals surface area contributed by atoms with Crippen LogP contribution in [0.5, 0.6) is 0 Å². The van der Waals surface area contributed by atoms with Gasteiger partial charge in [-0.2, -0.15) is 0 Å². The fourth-order valence-corrected chi connectivity index (χ4v) is 10.8. The molecule has 2 saturated carbocycles. The van der Waals surface area contributed by atoms with Crippen molar-refractivity contribution in [2.75, 3.05) is 0 Å². The molecular weight excluding hydrogens is 825 g/mol. The smallest absolute Gasteiger partial charge is 0.164 e. The maximum Gasteiger partial charge on any atom is 0.164 e. The quantitative estimate of drug-likeness (QED) is 0.137. The number of benzene rings is 7. The van der Waals surface area contributed by atoms with Crippen LogP contribution in [-0.2, 0) is 0 Å². The first-order valence-electron chi connectivity index (χ1n) is 24.9. The zero-order valence-corrected chi connectivity index (χ0v) is 39.3. The molecule has 4 nitrogen and oxygen atoms in total. The molecule has 68 heavy (non-hydrogen) atoms. The van der Waals surface area contributed by atoms with E-state index in [2.05, 4.69) is 190 Å². The lowest BCUT2D eigenvalue weighted by Gasteiger charge is -2.24. The van der Waals surface area contributed by atoms with Crippen molar-refractivity contribution in [1.29, 1.82) is 0 Å². The SMILES string of the molecule is Cc1cc(C)cc(-c2ccccc2-c2ccc(-c3ccc(-c4nc(C5CCCCC5)nc(C5CCCCC5)n4)cn3)cc2-c2ccc(-c3cc(-c4ccccc4)cc(-c4ccccc4)c3)cc2)c1. The van der Waals surface area contributed by atoms with Crippen molar-refractivity contribution < 1.29 is 0 Å². The van der Waals surface area contributed by atoms with Gasteiger partial charge in [0, 0.05) is 29.2 Å². The summed E-state index contributed by atoms with van der Waals surface area (Å²) in [6.45, 7) is 4.37. The van der Waals surface area contributed by atoms with Crippen LogP contribution in [0.25, 0.3) is 89.4 Å². The predicted molar refractivity (Wildman–Crippen MR) is 282 cm³/mol. The van der Waals surface area contributed by atoms with E-state index in [1.807, 2.05) is 6.20 Å². The van der Waals surface area contributed by atoms with E-state index in [9.17, 15) is 0 Å². The molecule has 2 aliphatic carbocycles. The summed E-state index contributed by atoms with van der Waals surface area (Å²) in [4.78, 5) is 20.7. The second-order valence-corrected chi connectivity index (χ2v) is 19.3. The lowest BCUT2D eigenvalue weighted by molar-refractivity contribution is 0.409. The Morgan fingerprint density at radius 2 is 0.794 bits per heavy atom. The van der Waals surface area contributed by atoms with Gasteiger partial charge in [0.15, 0.2) is 5.82 Å². The molecule has 0 saturated heterocycles. The number of aromatic nitrogens is 4. The maximum absolute atomic E-state index is 5.19. The molecule has 0 spiro atoms. The minimum atomic E-state index is 0.414. The standard InChI is InChI=1S/C64H58N4/c1-43-35-44(2)37-56(36-43)57-25-15-16-26-58(57)59-33-31-51(61-34-32-52(42-65-61)64-67-62(49-21-11-5-12-22-49)66-63(68-64)50-23-13-6-14-24-50)41-60(59)48-29-27-47(28-30-48)55-39-53(45-17-7-3-8-18-45)38-54(40-55)46-19-9-4-10-20-46/h3-4,7-10,15-20,25-42,49-50H,5-6,11-14,21-24H2,1-2H3. The Hall–Kier alpha value is -7.30. The van der Waals surface area contributed by atoms with Crippen molar-refractivity contribution in [2.24, 2.45) is 0 Å². The molecule has 334 valence electrons. The summed E-state index contributed by atoms with van der Waals surface area (Å²) in [5, 5.41) is 0. The average molecular weight is 883 g/mol. The van der Waals surface area contributed by atoms with Gasteiger partial charge in [0.2, 0.25) is 0 Å². The van der Waals surface area contributed by atoms with Crippen molar-refractivity contribution in [2.45, 2.75) is 89.9 Å². The molecule has 7 aromatic carbocycles. The molecule has 4 heteroatoms. The van der Waals surface area contributed by atoms with Gasteiger partial charge >= 0.3 is 0 Å². The highest BCUT2D eigenvalue weighted by Gasteiger charge is 2.25. The van der Waals surface area contributed by atoms with E-state index in [-0.39, 0.29) is 0 Å². The van der Waals surface area contributed by atoms with Crippen LogP contribution in [0, 0.1) is 13.8 Å². The Morgan fingerprint density at radius 3 is 1.34 bits per heavy atom. The van der Waals surface area contributed by atoms with E-state index in [4.69, 9.17) is 19.9 Å². The normalized spacial score (nSPS) is 14.5. The summed E-state index contributed by atoms with van der Waals surface area (Å²) in [6, 6.07) is 64.4. The second-order valence-electron chi connectivity index (χ2n) is 19.3. The van der Waals surface area contributed by atoms with Crippen LogP contribution >= 0.6 is 0 Å². The lowest BCUT2D eigenvalue weighted by atomic mass is 9.87. The Balaban J connectivity index is 0.994. The first kappa shape index (κ1) is 43.3. The monoisotopic (exact) mass is 882 g/mol. The number of nitrogens with zero attached hydrogens (tertiary/aromatic N) is 4. The van der Waals surface area contributed by atoms with Gasteiger partial charge in [-0.05, 0) is 143 Å². The molecule has 2 fully saturated rings. The van der Waals surface area contributed by atoms with Crippen LogP contribution in [-0.4, -0.2) is 19.9 Å². The molecule has 0 bridgehead atoms. The third-order valence-electron chi connectivity index (χ3n) is 14.4.